The molecule has 1 heterocycles. The number of thioether (sulfide) groups is 1. The van der Waals surface area contributed by atoms with Gasteiger partial charge in [0.1, 0.15) is 5.82 Å². The summed E-state index contributed by atoms with van der Waals surface area (Å²) < 4.78 is 13.0. The number of halogens is 1. The number of amides is 1. The Labute approximate surface area is 156 Å². The normalized spacial score (nSPS) is 18.5. The molecule has 0 spiro atoms. The lowest BCUT2D eigenvalue weighted by molar-refractivity contribution is -0.118. The number of rotatable bonds is 5. The number of benzene rings is 2. The quantitative estimate of drug-likeness (QED) is 0.650. The van der Waals surface area contributed by atoms with E-state index in [1.54, 1.807) is 18.3 Å². The molecule has 1 N–H and O–H groups in total. The SMILES string of the molecule is CN(C)c1ccc(/C=N\N=C2/NC(=O)[C@@H](Cc3ccc(F)cc3)S2)cc1. The summed E-state index contributed by atoms with van der Waals surface area (Å²) in [5, 5.41) is 11.0. The van der Waals surface area contributed by atoms with Gasteiger partial charge in [-0.1, -0.05) is 36.0 Å². The van der Waals surface area contributed by atoms with Crippen LogP contribution in [0.1, 0.15) is 11.1 Å². The van der Waals surface area contributed by atoms with E-state index < -0.39 is 0 Å². The summed E-state index contributed by atoms with van der Waals surface area (Å²) in [6.45, 7) is 0. The highest BCUT2D eigenvalue weighted by molar-refractivity contribution is 8.15. The summed E-state index contributed by atoms with van der Waals surface area (Å²) in [5.74, 6) is -0.393. The van der Waals surface area contributed by atoms with Gasteiger partial charge < -0.3 is 10.2 Å². The molecule has 1 saturated heterocycles. The third kappa shape index (κ3) is 4.70. The molecule has 7 heteroatoms. The van der Waals surface area contributed by atoms with E-state index in [2.05, 4.69) is 15.5 Å². The first-order valence-electron chi connectivity index (χ1n) is 8.11. The topological polar surface area (TPSA) is 57.1 Å². The number of hydrogen-bond donors (Lipinski definition) is 1. The third-order valence-electron chi connectivity index (χ3n) is 3.88. The second-order valence-corrected chi connectivity index (χ2v) is 7.25. The van der Waals surface area contributed by atoms with Crippen LogP contribution in [-0.4, -0.2) is 36.6 Å². The highest BCUT2D eigenvalue weighted by Crippen LogP contribution is 2.23. The fourth-order valence-corrected chi connectivity index (χ4v) is 3.39. The molecular weight excluding hydrogens is 351 g/mol. The van der Waals surface area contributed by atoms with Gasteiger partial charge in [0.25, 0.3) is 0 Å². The number of nitrogens with one attached hydrogen (secondary N) is 1. The van der Waals surface area contributed by atoms with Crippen LogP contribution in [0, 0.1) is 5.82 Å². The van der Waals surface area contributed by atoms with Crippen LogP contribution in [0.15, 0.2) is 58.7 Å². The molecule has 3 rings (SSSR count). The van der Waals surface area contributed by atoms with E-state index in [4.69, 9.17) is 0 Å². The average molecular weight is 370 g/mol. The molecule has 0 aliphatic carbocycles. The van der Waals surface area contributed by atoms with E-state index in [9.17, 15) is 9.18 Å². The first-order chi connectivity index (χ1) is 12.5. The molecule has 0 bridgehead atoms. The number of anilines is 1. The van der Waals surface area contributed by atoms with Gasteiger partial charge in [-0.2, -0.15) is 5.10 Å². The van der Waals surface area contributed by atoms with E-state index in [1.165, 1.54) is 23.9 Å². The molecule has 5 nitrogen and oxygen atoms in total. The van der Waals surface area contributed by atoms with Crippen LogP contribution in [0.3, 0.4) is 0 Å². The van der Waals surface area contributed by atoms with Crippen LogP contribution >= 0.6 is 11.8 Å². The summed E-state index contributed by atoms with van der Waals surface area (Å²) in [6.07, 6.45) is 2.16. The van der Waals surface area contributed by atoms with Crippen molar-refractivity contribution in [1.29, 1.82) is 0 Å². The number of carbonyl (C=O) groups is 1. The largest absolute Gasteiger partial charge is 0.378 e. The van der Waals surface area contributed by atoms with E-state index in [0.717, 1.165) is 16.8 Å². The Kier molecular flexibility index (Phi) is 5.68. The number of carbonyl (C=O) groups excluding carboxylic acids is 1. The van der Waals surface area contributed by atoms with Crippen molar-refractivity contribution >= 4 is 34.7 Å². The van der Waals surface area contributed by atoms with Gasteiger partial charge in [0.2, 0.25) is 5.91 Å². The maximum atomic E-state index is 13.0. The van der Waals surface area contributed by atoms with Gasteiger partial charge in [-0.3, -0.25) is 4.79 Å². The van der Waals surface area contributed by atoms with Gasteiger partial charge in [-0.15, -0.1) is 5.10 Å². The molecule has 1 aliphatic heterocycles. The van der Waals surface area contributed by atoms with Gasteiger partial charge in [0.05, 0.1) is 11.5 Å². The first-order valence-corrected chi connectivity index (χ1v) is 8.99. The standard InChI is InChI=1S/C19H19FN4OS/c1-24(2)16-9-5-14(6-10-16)12-21-23-19-22-18(25)17(26-19)11-13-3-7-15(20)8-4-13/h3-10,12,17H,11H2,1-2H3,(H,22,23,25)/b21-12-/t17-/m1/s1. The number of amidine groups is 1. The lowest BCUT2D eigenvalue weighted by atomic mass is 10.1. The van der Waals surface area contributed by atoms with E-state index >= 15 is 0 Å². The molecule has 1 aliphatic rings. The zero-order chi connectivity index (χ0) is 18.5. The van der Waals surface area contributed by atoms with Crippen LogP contribution in [0.2, 0.25) is 0 Å². The Hall–Kier alpha value is -2.67. The maximum absolute atomic E-state index is 13.0. The molecule has 26 heavy (non-hydrogen) atoms. The molecule has 2 aromatic carbocycles. The molecule has 2 aromatic rings. The Morgan fingerprint density at radius 1 is 1.15 bits per heavy atom. The second kappa shape index (κ2) is 8.14. The van der Waals surface area contributed by atoms with Crippen molar-refractivity contribution in [2.75, 3.05) is 19.0 Å². The van der Waals surface area contributed by atoms with Gasteiger partial charge in [0, 0.05) is 19.8 Å². The van der Waals surface area contributed by atoms with Gasteiger partial charge in [-0.25, -0.2) is 4.39 Å². The summed E-state index contributed by atoms with van der Waals surface area (Å²) in [5.41, 5.74) is 2.94. The van der Waals surface area contributed by atoms with Crippen LogP contribution in [0.25, 0.3) is 0 Å². The van der Waals surface area contributed by atoms with Gasteiger partial charge in [0.15, 0.2) is 5.17 Å². The smallest absolute Gasteiger partial charge is 0.239 e. The molecule has 1 atom stereocenters. The lowest BCUT2D eigenvalue weighted by Crippen LogP contribution is -2.25. The summed E-state index contributed by atoms with van der Waals surface area (Å²) in [6, 6.07) is 14.1. The van der Waals surface area contributed by atoms with Crippen molar-refractivity contribution in [3.8, 4) is 0 Å². The summed E-state index contributed by atoms with van der Waals surface area (Å²) >= 11 is 1.33. The van der Waals surface area contributed by atoms with Crippen molar-refractivity contribution < 1.29 is 9.18 Å². The Morgan fingerprint density at radius 3 is 2.50 bits per heavy atom. The van der Waals surface area contributed by atoms with Crippen LogP contribution in [0.5, 0.6) is 0 Å². The van der Waals surface area contributed by atoms with Gasteiger partial charge >= 0.3 is 0 Å². The minimum atomic E-state index is -0.285. The predicted molar refractivity (Wildman–Crippen MR) is 105 cm³/mol. The Balaban J connectivity index is 1.59. The molecule has 1 amide bonds. The highest BCUT2D eigenvalue weighted by Gasteiger charge is 2.30. The van der Waals surface area contributed by atoms with Crippen LogP contribution < -0.4 is 10.2 Å². The Bertz CT molecular complexity index is 832. The zero-order valence-electron chi connectivity index (χ0n) is 14.5. The number of hydrogen-bond acceptors (Lipinski definition) is 5. The molecular formula is C19H19FN4OS. The number of nitrogens with zero attached hydrogens (tertiary/aromatic N) is 3. The maximum Gasteiger partial charge on any atom is 0.239 e. The van der Waals surface area contributed by atoms with Crippen molar-refractivity contribution in [3.63, 3.8) is 0 Å². The lowest BCUT2D eigenvalue weighted by Gasteiger charge is -2.11. The fourth-order valence-electron chi connectivity index (χ4n) is 2.43. The molecule has 0 radical (unpaired) electrons. The summed E-state index contributed by atoms with van der Waals surface area (Å²) in [7, 11) is 3.97. The Morgan fingerprint density at radius 2 is 1.85 bits per heavy atom. The molecule has 0 saturated carbocycles. The van der Waals surface area contributed by atoms with Crippen molar-refractivity contribution in [2.24, 2.45) is 10.2 Å². The zero-order valence-corrected chi connectivity index (χ0v) is 15.3. The molecule has 0 aromatic heterocycles. The van der Waals surface area contributed by atoms with Crippen LogP contribution in [-0.2, 0) is 11.2 Å². The van der Waals surface area contributed by atoms with Crippen LogP contribution in [0.4, 0.5) is 10.1 Å². The molecule has 1 fully saturated rings. The van der Waals surface area contributed by atoms with Crippen molar-refractivity contribution in [2.45, 2.75) is 11.7 Å². The minimum absolute atomic E-state index is 0.108. The first kappa shape index (κ1) is 18.1. The highest BCUT2D eigenvalue weighted by atomic mass is 32.2. The predicted octanol–water partition coefficient (Wildman–Crippen LogP) is 3.06. The van der Waals surface area contributed by atoms with E-state index in [0.29, 0.717) is 11.6 Å². The van der Waals surface area contributed by atoms with Gasteiger partial charge in [-0.05, 0) is 41.8 Å². The second-order valence-electron chi connectivity index (χ2n) is 6.06. The van der Waals surface area contributed by atoms with Crippen molar-refractivity contribution in [3.05, 3.63) is 65.5 Å². The van der Waals surface area contributed by atoms with Crippen molar-refractivity contribution in [1.82, 2.24) is 5.32 Å². The van der Waals surface area contributed by atoms with E-state index in [-0.39, 0.29) is 17.0 Å². The molecule has 0 unspecified atom stereocenters. The minimum Gasteiger partial charge on any atom is -0.378 e. The average Bonchev–Trinajstić information content (AvgIpc) is 2.97. The summed E-state index contributed by atoms with van der Waals surface area (Å²) in [4.78, 5) is 14.1. The molecule has 134 valence electrons. The monoisotopic (exact) mass is 370 g/mol. The third-order valence-corrected chi connectivity index (χ3v) is 4.95. The van der Waals surface area contributed by atoms with E-state index in [1.807, 2.05) is 43.3 Å². The fraction of sp³-hybridized carbons (Fsp3) is 0.211.